The predicted molar refractivity (Wildman–Crippen MR) is 86.3 cm³/mol. The van der Waals surface area contributed by atoms with E-state index in [9.17, 15) is 9.59 Å². The molecule has 1 unspecified atom stereocenters. The molecule has 126 valence electrons. The van der Waals surface area contributed by atoms with Crippen LogP contribution in [0.3, 0.4) is 0 Å². The van der Waals surface area contributed by atoms with Crippen LogP contribution in [0.1, 0.15) is 35.9 Å². The maximum absolute atomic E-state index is 12.4. The van der Waals surface area contributed by atoms with Gasteiger partial charge in [0.15, 0.2) is 5.82 Å². The molecule has 24 heavy (non-hydrogen) atoms. The van der Waals surface area contributed by atoms with Crippen LogP contribution in [0, 0.1) is 0 Å². The first-order valence-electron chi connectivity index (χ1n) is 8.33. The number of aromatic amines is 1. The SMILES string of the molecule is O=C(COC1CCCc2ccccc21)N1CCn2c(n[nH]c2=O)C1. The summed E-state index contributed by atoms with van der Waals surface area (Å²) in [6.45, 7) is 1.40. The first kappa shape index (κ1) is 15.1. The van der Waals surface area contributed by atoms with Gasteiger partial charge in [0.05, 0.1) is 12.6 Å². The van der Waals surface area contributed by atoms with Gasteiger partial charge in [-0.05, 0) is 30.4 Å². The highest BCUT2D eigenvalue weighted by molar-refractivity contribution is 5.77. The Bertz CT molecular complexity index is 810. The lowest BCUT2D eigenvalue weighted by Crippen LogP contribution is -2.42. The molecule has 0 saturated carbocycles. The van der Waals surface area contributed by atoms with E-state index in [-0.39, 0.29) is 24.3 Å². The van der Waals surface area contributed by atoms with E-state index in [1.165, 1.54) is 11.1 Å². The molecule has 0 fully saturated rings. The third-order valence-electron chi connectivity index (χ3n) is 4.84. The Morgan fingerprint density at radius 2 is 2.21 bits per heavy atom. The first-order chi connectivity index (χ1) is 11.7. The average Bonchev–Trinajstić information content (AvgIpc) is 3.00. The van der Waals surface area contributed by atoms with Gasteiger partial charge >= 0.3 is 5.69 Å². The van der Waals surface area contributed by atoms with Gasteiger partial charge in [0.2, 0.25) is 5.91 Å². The summed E-state index contributed by atoms with van der Waals surface area (Å²) in [7, 11) is 0. The molecule has 1 atom stereocenters. The lowest BCUT2D eigenvalue weighted by atomic mass is 9.89. The summed E-state index contributed by atoms with van der Waals surface area (Å²) in [4.78, 5) is 25.6. The third-order valence-corrected chi connectivity index (χ3v) is 4.84. The predicted octanol–water partition coefficient (Wildman–Crippen LogP) is 1.01. The van der Waals surface area contributed by atoms with Crippen molar-refractivity contribution in [3.63, 3.8) is 0 Å². The second kappa shape index (κ2) is 6.24. The summed E-state index contributed by atoms with van der Waals surface area (Å²) in [5.41, 5.74) is 2.31. The number of amides is 1. The molecule has 7 nitrogen and oxygen atoms in total. The molecule has 1 aliphatic carbocycles. The molecule has 0 spiro atoms. The van der Waals surface area contributed by atoms with Gasteiger partial charge in [-0.3, -0.25) is 9.36 Å². The largest absolute Gasteiger partial charge is 0.364 e. The smallest absolute Gasteiger partial charge is 0.343 e. The summed E-state index contributed by atoms with van der Waals surface area (Å²) < 4.78 is 7.50. The molecule has 2 heterocycles. The number of fused-ring (bicyclic) bond motifs is 2. The lowest BCUT2D eigenvalue weighted by molar-refractivity contribution is -0.140. The van der Waals surface area contributed by atoms with Gasteiger partial charge in [0, 0.05) is 13.1 Å². The van der Waals surface area contributed by atoms with Crippen molar-refractivity contribution in [3.8, 4) is 0 Å². The minimum atomic E-state index is -0.216. The lowest BCUT2D eigenvalue weighted by Gasteiger charge is -2.29. The molecule has 0 radical (unpaired) electrons. The van der Waals surface area contributed by atoms with Crippen LogP contribution >= 0.6 is 0 Å². The van der Waals surface area contributed by atoms with Gasteiger partial charge in [-0.2, -0.15) is 5.10 Å². The first-order valence-corrected chi connectivity index (χ1v) is 8.33. The maximum atomic E-state index is 12.4. The Hall–Kier alpha value is -2.41. The molecular weight excluding hydrogens is 308 g/mol. The van der Waals surface area contributed by atoms with E-state index in [0.29, 0.717) is 25.5 Å². The highest BCUT2D eigenvalue weighted by Gasteiger charge is 2.25. The Morgan fingerprint density at radius 3 is 3.12 bits per heavy atom. The summed E-state index contributed by atoms with van der Waals surface area (Å²) in [6.07, 6.45) is 3.10. The van der Waals surface area contributed by atoms with Gasteiger partial charge in [0.1, 0.15) is 6.61 Å². The molecule has 1 amide bonds. The van der Waals surface area contributed by atoms with E-state index in [1.807, 2.05) is 12.1 Å². The van der Waals surface area contributed by atoms with Crippen LogP contribution in [-0.4, -0.2) is 38.7 Å². The quantitative estimate of drug-likeness (QED) is 0.912. The number of carbonyl (C=O) groups excluding carboxylic acids is 1. The summed E-state index contributed by atoms with van der Waals surface area (Å²) in [5, 5.41) is 6.38. The van der Waals surface area contributed by atoms with E-state index in [4.69, 9.17) is 4.74 Å². The highest BCUT2D eigenvalue weighted by atomic mass is 16.5. The normalized spacial score (nSPS) is 19.7. The fourth-order valence-electron chi connectivity index (χ4n) is 3.53. The highest BCUT2D eigenvalue weighted by Crippen LogP contribution is 2.32. The fourth-order valence-corrected chi connectivity index (χ4v) is 3.53. The van der Waals surface area contributed by atoms with Crippen molar-refractivity contribution in [1.29, 1.82) is 0 Å². The van der Waals surface area contributed by atoms with E-state index < -0.39 is 0 Å². The van der Waals surface area contributed by atoms with Gasteiger partial charge in [-0.15, -0.1) is 0 Å². The topological polar surface area (TPSA) is 80.2 Å². The number of nitrogens with one attached hydrogen (secondary N) is 1. The Balaban J connectivity index is 1.39. The second-order valence-electron chi connectivity index (χ2n) is 6.30. The fraction of sp³-hybridized carbons (Fsp3) is 0.471. The molecular formula is C17H20N4O3. The summed E-state index contributed by atoms with van der Waals surface area (Å²) in [6, 6.07) is 8.29. The zero-order valence-corrected chi connectivity index (χ0v) is 13.4. The van der Waals surface area contributed by atoms with Crippen molar-refractivity contribution in [2.24, 2.45) is 0 Å². The Kier molecular flexibility index (Phi) is 3.93. The van der Waals surface area contributed by atoms with Gasteiger partial charge < -0.3 is 9.64 Å². The minimum Gasteiger partial charge on any atom is -0.364 e. The Labute approximate surface area is 139 Å². The molecule has 1 N–H and O–H groups in total. The number of benzene rings is 1. The standard InChI is InChI=1S/C17H20N4O3/c22-16(20-8-9-21-15(10-20)18-19-17(21)23)11-24-14-7-3-5-12-4-1-2-6-13(12)14/h1-2,4,6,14H,3,5,7-11H2,(H,19,23). The molecule has 1 aliphatic heterocycles. The van der Waals surface area contributed by atoms with Crippen molar-refractivity contribution in [2.75, 3.05) is 13.2 Å². The van der Waals surface area contributed by atoms with Gasteiger partial charge in [-0.25, -0.2) is 9.89 Å². The van der Waals surface area contributed by atoms with Crippen molar-refractivity contribution >= 4 is 5.91 Å². The second-order valence-corrected chi connectivity index (χ2v) is 6.30. The number of nitrogens with zero attached hydrogens (tertiary/aromatic N) is 3. The zero-order valence-electron chi connectivity index (χ0n) is 13.4. The number of aryl methyl sites for hydroxylation is 1. The van der Waals surface area contributed by atoms with E-state index in [0.717, 1.165) is 19.3 Å². The number of ether oxygens (including phenoxy) is 1. The van der Waals surface area contributed by atoms with Crippen LogP contribution in [-0.2, 0) is 29.0 Å². The number of rotatable bonds is 3. The van der Waals surface area contributed by atoms with Crippen molar-refractivity contribution < 1.29 is 9.53 Å². The van der Waals surface area contributed by atoms with Crippen molar-refractivity contribution in [2.45, 2.75) is 38.5 Å². The number of H-pyrrole nitrogens is 1. The maximum Gasteiger partial charge on any atom is 0.343 e. The van der Waals surface area contributed by atoms with E-state index >= 15 is 0 Å². The van der Waals surface area contributed by atoms with Gasteiger partial charge in [0.25, 0.3) is 0 Å². The molecule has 2 aromatic rings. The summed E-state index contributed by atoms with van der Waals surface area (Å²) >= 11 is 0. The number of carbonyl (C=O) groups is 1. The molecule has 0 saturated heterocycles. The molecule has 1 aromatic heterocycles. The van der Waals surface area contributed by atoms with Crippen LogP contribution in [0.2, 0.25) is 0 Å². The zero-order chi connectivity index (χ0) is 16.5. The van der Waals surface area contributed by atoms with Crippen LogP contribution in [0.15, 0.2) is 29.1 Å². The van der Waals surface area contributed by atoms with E-state index in [2.05, 4.69) is 22.3 Å². The molecule has 7 heteroatoms. The van der Waals surface area contributed by atoms with Gasteiger partial charge in [-0.1, -0.05) is 24.3 Å². The minimum absolute atomic E-state index is 0.00717. The monoisotopic (exact) mass is 328 g/mol. The molecule has 1 aromatic carbocycles. The van der Waals surface area contributed by atoms with Crippen LogP contribution in [0.25, 0.3) is 0 Å². The number of aromatic nitrogens is 3. The van der Waals surface area contributed by atoms with Crippen molar-refractivity contribution in [3.05, 3.63) is 51.7 Å². The van der Waals surface area contributed by atoms with Crippen molar-refractivity contribution in [1.82, 2.24) is 19.7 Å². The average molecular weight is 328 g/mol. The van der Waals surface area contributed by atoms with Crippen LogP contribution in [0.4, 0.5) is 0 Å². The van der Waals surface area contributed by atoms with Crippen LogP contribution in [0.5, 0.6) is 0 Å². The summed E-state index contributed by atoms with van der Waals surface area (Å²) in [5.74, 6) is 0.544. The van der Waals surface area contributed by atoms with Crippen LogP contribution < -0.4 is 5.69 Å². The number of hydrogen-bond acceptors (Lipinski definition) is 4. The third kappa shape index (κ3) is 2.75. The number of hydrogen-bond donors (Lipinski definition) is 1. The molecule has 2 aliphatic rings. The molecule has 0 bridgehead atoms. The van der Waals surface area contributed by atoms with E-state index in [1.54, 1.807) is 9.47 Å². The Morgan fingerprint density at radius 1 is 1.33 bits per heavy atom. The molecule has 4 rings (SSSR count).